The molecule has 0 aliphatic heterocycles. The van der Waals surface area contributed by atoms with E-state index < -0.39 is 0 Å². The zero-order valence-corrected chi connectivity index (χ0v) is 8.90. The number of hydrogen-bond donors (Lipinski definition) is 0. The third-order valence-corrected chi connectivity index (χ3v) is 3.55. The van der Waals surface area contributed by atoms with Crippen LogP contribution in [0.3, 0.4) is 0 Å². The molecule has 0 heteroatoms. The maximum atomic E-state index is 2.33. The van der Waals surface area contributed by atoms with Crippen molar-refractivity contribution in [3.05, 3.63) is 59.3 Å². The van der Waals surface area contributed by atoms with E-state index in [-0.39, 0.29) is 0 Å². The maximum Gasteiger partial charge on any atom is 0.0996 e. The van der Waals surface area contributed by atoms with Crippen LogP contribution in [0.25, 0.3) is 28.0 Å². The van der Waals surface area contributed by atoms with E-state index in [4.69, 9.17) is 0 Å². The molecule has 3 aliphatic carbocycles. The summed E-state index contributed by atoms with van der Waals surface area (Å²) in [6.07, 6.45) is 3.40. The summed E-state index contributed by atoms with van der Waals surface area (Å²) in [5, 5.41) is 4.19. The van der Waals surface area contributed by atoms with Crippen molar-refractivity contribution >= 4 is 16.8 Å². The molecular formula is C16H11+. The summed E-state index contributed by atoms with van der Waals surface area (Å²) in [6, 6.07) is 17.7. The van der Waals surface area contributed by atoms with Crippen LogP contribution in [-0.2, 0) is 6.42 Å². The zero-order chi connectivity index (χ0) is 10.5. The van der Waals surface area contributed by atoms with Gasteiger partial charge in [-0.2, -0.15) is 0 Å². The van der Waals surface area contributed by atoms with Crippen LogP contribution in [0, 0.1) is 0 Å². The van der Waals surface area contributed by atoms with Gasteiger partial charge in [0.1, 0.15) is 0 Å². The molecule has 1 aromatic carbocycles. The van der Waals surface area contributed by atoms with Crippen molar-refractivity contribution in [1.82, 2.24) is 0 Å². The molecule has 0 saturated carbocycles. The van der Waals surface area contributed by atoms with Crippen LogP contribution in [0.5, 0.6) is 0 Å². The van der Waals surface area contributed by atoms with Gasteiger partial charge in [-0.15, -0.1) is 0 Å². The Morgan fingerprint density at radius 1 is 1.00 bits per heavy atom. The van der Waals surface area contributed by atoms with Crippen LogP contribution in [0.2, 0.25) is 0 Å². The first-order valence-corrected chi connectivity index (χ1v) is 5.70. The largest absolute Gasteiger partial charge is 0.0996 e. The van der Waals surface area contributed by atoms with Crippen molar-refractivity contribution in [2.45, 2.75) is 6.42 Å². The highest BCUT2D eigenvalue weighted by Crippen LogP contribution is 2.34. The standard InChI is InChI=1S/C16H11/c1-3-11-7-9-13-5-2-6-14-10-8-12(4-1)16(14)15(11)13/h1-9H,10H2/q+1. The van der Waals surface area contributed by atoms with E-state index >= 15 is 0 Å². The molecule has 0 nitrogen and oxygen atoms in total. The normalized spacial score (nSPS) is 13.2. The van der Waals surface area contributed by atoms with Gasteiger partial charge in [-0.3, -0.25) is 0 Å². The fourth-order valence-corrected chi connectivity index (χ4v) is 2.82. The fraction of sp³-hybridized carbons (Fsp3) is 0.0625. The topological polar surface area (TPSA) is 0 Å². The van der Waals surface area contributed by atoms with Gasteiger partial charge in [0.2, 0.25) is 0 Å². The van der Waals surface area contributed by atoms with Crippen molar-refractivity contribution in [3.63, 3.8) is 0 Å². The number of hydrogen-bond acceptors (Lipinski definition) is 0. The van der Waals surface area contributed by atoms with E-state index in [0.717, 1.165) is 6.42 Å². The summed E-state index contributed by atoms with van der Waals surface area (Å²) in [5.41, 5.74) is 4.23. The molecule has 0 bridgehead atoms. The van der Waals surface area contributed by atoms with Crippen molar-refractivity contribution in [2.24, 2.45) is 0 Å². The molecule has 3 aliphatic rings. The van der Waals surface area contributed by atoms with Gasteiger partial charge in [0.05, 0.1) is 10.6 Å². The summed E-state index contributed by atoms with van der Waals surface area (Å²) in [5.74, 6) is 0. The second kappa shape index (κ2) is 2.79. The van der Waals surface area contributed by atoms with Crippen LogP contribution < -0.4 is 5.22 Å². The Morgan fingerprint density at radius 2 is 2.00 bits per heavy atom. The molecule has 4 rings (SSSR count). The molecule has 0 atom stereocenters. The lowest BCUT2D eigenvalue weighted by Gasteiger charge is -1.92. The lowest BCUT2D eigenvalue weighted by atomic mass is 10.1. The second-order valence-electron chi connectivity index (χ2n) is 4.43. The maximum absolute atomic E-state index is 2.33. The molecule has 1 aromatic rings. The third kappa shape index (κ3) is 0.917. The minimum Gasteiger partial charge on any atom is -0.0604 e. The Kier molecular flexibility index (Phi) is 1.44. The minimum absolute atomic E-state index is 1.07. The monoisotopic (exact) mass is 203 g/mol. The van der Waals surface area contributed by atoms with Crippen LogP contribution in [0.4, 0.5) is 0 Å². The van der Waals surface area contributed by atoms with Crippen LogP contribution >= 0.6 is 0 Å². The van der Waals surface area contributed by atoms with Crippen LogP contribution in [-0.4, -0.2) is 0 Å². The highest BCUT2D eigenvalue weighted by Gasteiger charge is 2.18. The van der Waals surface area contributed by atoms with Crippen molar-refractivity contribution in [1.29, 1.82) is 0 Å². The van der Waals surface area contributed by atoms with Gasteiger partial charge in [-0.25, -0.2) is 0 Å². The summed E-state index contributed by atoms with van der Waals surface area (Å²) in [4.78, 5) is 0. The third-order valence-electron chi connectivity index (χ3n) is 3.55. The van der Waals surface area contributed by atoms with Gasteiger partial charge in [-0.05, 0) is 17.7 Å². The zero-order valence-electron chi connectivity index (χ0n) is 8.90. The van der Waals surface area contributed by atoms with E-state index in [1.807, 2.05) is 0 Å². The Labute approximate surface area is 94.2 Å². The molecule has 0 fully saturated rings. The molecule has 0 amide bonds. The molecule has 0 heterocycles. The SMILES string of the molecule is C1=c2[cH+]ccc3ccc4cccc(c2c3-4)C1. The van der Waals surface area contributed by atoms with Gasteiger partial charge in [0, 0.05) is 47.2 Å². The predicted molar refractivity (Wildman–Crippen MR) is 68.4 cm³/mol. The average Bonchev–Trinajstić information content (AvgIpc) is 2.76. The van der Waals surface area contributed by atoms with Gasteiger partial charge in [0.15, 0.2) is 0 Å². The predicted octanol–water partition coefficient (Wildman–Crippen LogP) is 3.28. The first-order chi connectivity index (χ1) is 7.93. The summed E-state index contributed by atoms with van der Waals surface area (Å²) in [6.45, 7) is 0. The van der Waals surface area contributed by atoms with E-state index in [0.29, 0.717) is 0 Å². The van der Waals surface area contributed by atoms with Gasteiger partial charge in [-0.1, -0.05) is 18.2 Å². The van der Waals surface area contributed by atoms with Gasteiger partial charge < -0.3 is 0 Å². The first-order valence-electron chi connectivity index (χ1n) is 5.70. The molecule has 0 unspecified atom stereocenters. The van der Waals surface area contributed by atoms with Gasteiger partial charge in [0.25, 0.3) is 0 Å². The first kappa shape index (κ1) is 8.23. The molecule has 0 N–H and O–H groups in total. The van der Waals surface area contributed by atoms with Crippen LogP contribution in [0.15, 0.2) is 48.5 Å². The quantitative estimate of drug-likeness (QED) is 0.492. The molecule has 16 heavy (non-hydrogen) atoms. The van der Waals surface area contributed by atoms with E-state index in [1.165, 1.54) is 32.7 Å². The van der Waals surface area contributed by atoms with E-state index in [1.54, 1.807) is 0 Å². The Morgan fingerprint density at radius 3 is 3.00 bits per heavy atom. The van der Waals surface area contributed by atoms with Gasteiger partial charge >= 0.3 is 0 Å². The molecular weight excluding hydrogens is 192 g/mol. The lowest BCUT2D eigenvalue weighted by molar-refractivity contribution is 1.42. The lowest BCUT2D eigenvalue weighted by Crippen LogP contribution is -1.93. The molecule has 0 spiro atoms. The Balaban J connectivity index is 2.44. The summed E-state index contributed by atoms with van der Waals surface area (Å²) in [7, 11) is 0. The Bertz CT molecular complexity index is 729. The highest BCUT2D eigenvalue weighted by atomic mass is 14.2. The summed E-state index contributed by atoms with van der Waals surface area (Å²) < 4.78 is 0. The number of rotatable bonds is 0. The van der Waals surface area contributed by atoms with E-state index in [2.05, 4.69) is 54.6 Å². The van der Waals surface area contributed by atoms with E-state index in [9.17, 15) is 0 Å². The minimum atomic E-state index is 1.07. The fourth-order valence-electron chi connectivity index (χ4n) is 2.82. The van der Waals surface area contributed by atoms with Crippen molar-refractivity contribution in [3.8, 4) is 11.1 Å². The van der Waals surface area contributed by atoms with Crippen molar-refractivity contribution in [2.75, 3.05) is 0 Å². The molecule has 74 valence electrons. The molecule has 0 radical (unpaired) electrons. The average molecular weight is 203 g/mol. The Hall–Kier alpha value is -1.95. The highest BCUT2D eigenvalue weighted by molar-refractivity contribution is 6.00. The second-order valence-corrected chi connectivity index (χ2v) is 4.43. The van der Waals surface area contributed by atoms with Crippen LogP contribution in [0.1, 0.15) is 5.56 Å². The summed E-state index contributed by atoms with van der Waals surface area (Å²) >= 11 is 0. The smallest absolute Gasteiger partial charge is 0.0604 e. The van der Waals surface area contributed by atoms with Crippen molar-refractivity contribution < 1.29 is 0 Å². The molecule has 0 saturated heterocycles. The molecule has 0 aromatic heterocycles.